The van der Waals surface area contributed by atoms with Crippen LogP contribution in [0.15, 0.2) is 23.3 Å². The van der Waals surface area contributed by atoms with Gasteiger partial charge in [-0.15, -0.1) is 0 Å². The molecule has 17 heavy (non-hydrogen) atoms. The molecule has 1 aliphatic carbocycles. The van der Waals surface area contributed by atoms with Crippen LogP contribution in [0.25, 0.3) is 0 Å². The number of allylic oxidation sites excluding steroid dienone is 2. The van der Waals surface area contributed by atoms with Crippen molar-refractivity contribution in [2.45, 2.75) is 47.0 Å². The van der Waals surface area contributed by atoms with Crippen LogP contribution in [0.4, 0.5) is 0 Å². The predicted octanol–water partition coefficient (Wildman–Crippen LogP) is 3.45. The van der Waals surface area contributed by atoms with Crippen LogP contribution >= 0.6 is 0 Å². The van der Waals surface area contributed by atoms with E-state index in [4.69, 9.17) is 0 Å². The van der Waals surface area contributed by atoms with Crippen LogP contribution < -0.4 is 5.32 Å². The Kier molecular flexibility index (Phi) is 5.46. The van der Waals surface area contributed by atoms with Crippen molar-refractivity contribution in [1.82, 2.24) is 5.32 Å². The second-order valence-corrected chi connectivity index (χ2v) is 5.29. The molecule has 0 heterocycles. The van der Waals surface area contributed by atoms with Gasteiger partial charge in [-0.25, -0.2) is 0 Å². The first-order valence-electron chi connectivity index (χ1n) is 6.67. The molecule has 0 saturated carbocycles. The maximum absolute atomic E-state index is 11.7. The van der Waals surface area contributed by atoms with Gasteiger partial charge in [0.25, 0.3) is 0 Å². The Labute approximate surface area is 105 Å². The summed E-state index contributed by atoms with van der Waals surface area (Å²) in [6, 6.07) is 0. The van der Waals surface area contributed by atoms with Crippen LogP contribution in [-0.2, 0) is 4.79 Å². The van der Waals surface area contributed by atoms with Crippen molar-refractivity contribution in [3.8, 4) is 0 Å². The van der Waals surface area contributed by atoms with E-state index in [1.165, 1.54) is 11.1 Å². The Morgan fingerprint density at radius 2 is 2.29 bits per heavy atom. The first-order valence-corrected chi connectivity index (χ1v) is 6.67. The minimum Gasteiger partial charge on any atom is -0.352 e. The lowest BCUT2D eigenvalue weighted by molar-refractivity contribution is -0.121. The Hall–Kier alpha value is -1.05. The average Bonchev–Trinajstić information content (AvgIpc) is 2.30. The topological polar surface area (TPSA) is 29.1 Å². The third-order valence-corrected chi connectivity index (χ3v) is 3.49. The van der Waals surface area contributed by atoms with Gasteiger partial charge in [0, 0.05) is 13.0 Å². The van der Waals surface area contributed by atoms with E-state index >= 15 is 0 Å². The maximum atomic E-state index is 11.7. The van der Waals surface area contributed by atoms with Crippen molar-refractivity contribution < 1.29 is 4.79 Å². The van der Waals surface area contributed by atoms with Crippen LogP contribution in [0.5, 0.6) is 0 Å². The lowest BCUT2D eigenvalue weighted by Crippen LogP contribution is -2.27. The first-order chi connectivity index (χ1) is 8.02. The molecule has 0 saturated heterocycles. The summed E-state index contributed by atoms with van der Waals surface area (Å²) in [4.78, 5) is 11.7. The van der Waals surface area contributed by atoms with Gasteiger partial charge in [-0.1, -0.05) is 44.9 Å². The molecule has 0 aromatic heterocycles. The van der Waals surface area contributed by atoms with Crippen LogP contribution in [0, 0.1) is 11.8 Å². The molecule has 1 rings (SSSR count). The number of rotatable bonds is 5. The van der Waals surface area contributed by atoms with E-state index in [1.54, 1.807) is 0 Å². The number of nitrogens with one attached hydrogen (secondary N) is 1. The zero-order valence-corrected chi connectivity index (χ0v) is 11.5. The molecule has 1 aliphatic rings. The molecule has 1 N–H and O–H groups in total. The summed E-state index contributed by atoms with van der Waals surface area (Å²) in [5.74, 6) is 1.25. The molecule has 2 atom stereocenters. The molecule has 0 aromatic carbocycles. The summed E-state index contributed by atoms with van der Waals surface area (Å²) >= 11 is 0. The summed E-state index contributed by atoms with van der Waals surface area (Å²) in [5.41, 5.74) is 2.59. The molecule has 0 radical (unpaired) electrons. The summed E-state index contributed by atoms with van der Waals surface area (Å²) in [5, 5.41) is 3.02. The highest BCUT2D eigenvalue weighted by molar-refractivity contribution is 5.76. The third-order valence-electron chi connectivity index (χ3n) is 3.49. The Morgan fingerprint density at radius 1 is 1.59 bits per heavy atom. The highest BCUT2D eigenvalue weighted by Crippen LogP contribution is 2.21. The highest BCUT2D eigenvalue weighted by Gasteiger charge is 2.11. The van der Waals surface area contributed by atoms with E-state index in [1.807, 2.05) is 0 Å². The smallest absolute Gasteiger partial charge is 0.220 e. The van der Waals surface area contributed by atoms with E-state index in [0.717, 1.165) is 12.8 Å². The lowest BCUT2D eigenvalue weighted by atomic mass is 9.92. The first kappa shape index (κ1) is 14.0. The van der Waals surface area contributed by atoms with Gasteiger partial charge in [-0.3, -0.25) is 4.79 Å². The van der Waals surface area contributed by atoms with Crippen molar-refractivity contribution in [2.75, 3.05) is 6.54 Å². The zero-order valence-electron chi connectivity index (χ0n) is 11.5. The maximum Gasteiger partial charge on any atom is 0.220 e. The van der Waals surface area contributed by atoms with E-state index in [2.05, 4.69) is 45.2 Å². The molecular formula is C15H25NO. The number of hydrogen-bond donors (Lipinski definition) is 1. The molecule has 0 aliphatic heterocycles. The fourth-order valence-electron chi connectivity index (χ4n) is 1.96. The van der Waals surface area contributed by atoms with Crippen LogP contribution in [-0.4, -0.2) is 12.5 Å². The quantitative estimate of drug-likeness (QED) is 0.777. The van der Waals surface area contributed by atoms with Crippen LogP contribution in [0.2, 0.25) is 0 Å². The fraction of sp³-hybridized carbons (Fsp3) is 0.667. The van der Waals surface area contributed by atoms with Crippen molar-refractivity contribution >= 4 is 5.91 Å². The average molecular weight is 235 g/mol. The number of carbonyl (C=O) groups excluding carboxylic acids is 1. The van der Waals surface area contributed by atoms with Gasteiger partial charge >= 0.3 is 0 Å². The SMILES string of the molecule is CC[C@H](C)CC(=O)NCC1=CC(C)CC=C1C. The molecule has 2 nitrogen and oxygen atoms in total. The summed E-state index contributed by atoms with van der Waals surface area (Å²) in [6.45, 7) is 9.26. The van der Waals surface area contributed by atoms with Gasteiger partial charge in [-0.05, 0) is 30.8 Å². The van der Waals surface area contributed by atoms with Crippen molar-refractivity contribution in [3.63, 3.8) is 0 Å². The van der Waals surface area contributed by atoms with Crippen LogP contribution in [0.1, 0.15) is 47.0 Å². The second-order valence-electron chi connectivity index (χ2n) is 5.29. The highest BCUT2D eigenvalue weighted by atomic mass is 16.1. The monoisotopic (exact) mass is 235 g/mol. The molecule has 0 bridgehead atoms. The predicted molar refractivity (Wildman–Crippen MR) is 72.7 cm³/mol. The van der Waals surface area contributed by atoms with Crippen molar-refractivity contribution in [2.24, 2.45) is 11.8 Å². The summed E-state index contributed by atoms with van der Waals surface area (Å²) in [6.07, 6.45) is 7.37. The molecule has 1 unspecified atom stereocenters. The second kappa shape index (κ2) is 6.63. The Balaban J connectivity index is 2.40. The van der Waals surface area contributed by atoms with E-state index < -0.39 is 0 Å². The molecule has 0 spiro atoms. The molecule has 2 heteroatoms. The summed E-state index contributed by atoms with van der Waals surface area (Å²) in [7, 11) is 0. The third kappa shape index (κ3) is 4.76. The normalized spacial score (nSPS) is 21.5. The Morgan fingerprint density at radius 3 is 2.94 bits per heavy atom. The fourth-order valence-corrected chi connectivity index (χ4v) is 1.96. The van der Waals surface area contributed by atoms with E-state index in [9.17, 15) is 4.79 Å². The molecule has 0 fully saturated rings. The summed E-state index contributed by atoms with van der Waals surface area (Å²) < 4.78 is 0. The molecular weight excluding hydrogens is 210 g/mol. The number of hydrogen-bond acceptors (Lipinski definition) is 1. The lowest BCUT2D eigenvalue weighted by Gasteiger charge is -2.18. The minimum absolute atomic E-state index is 0.172. The van der Waals surface area contributed by atoms with E-state index in [0.29, 0.717) is 24.8 Å². The molecule has 1 amide bonds. The van der Waals surface area contributed by atoms with Crippen molar-refractivity contribution in [1.29, 1.82) is 0 Å². The molecule has 0 aromatic rings. The number of carbonyl (C=O) groups is 1. The van der Waals surface area contributed by atoms with Gasteiger partial charge in [0.15, 0.2) is 0 Å². The van der Waals surface area contributed by atoms with Gasteiger partial charge in [0.05, 0.1) is 0 Å². The Bertz CT molecular complexity index is 328. The number of amides is 1. The van der Waals surface area contributed by atoms with Gasteiger partial charge < -0.3 is 5.32 Å². The molecule has 96 valence electrons. The van der Waals surface area contributed by atoms with Gasteiger partial charge in [-0.2, -0.15) is 0 Å². The largest absolute Gasteiger partial charge is 0.352 e. The minimum atomic E-state index is 0.172. The van der Waals surface area contributed by atoms with Gasteiger partial charge in [0.1, 0.15) is 0 Å². The van der Waals surface area contributed by atoms with Crippen molar-refractivity contribution in [3.05, 3.63) is 23.3 Å². The standard InChI is InChI=1S/C15H25NO/c1-5-11(2)9-15(17)16-10-14-8-12(3)6-7-13(14)4/h7-8,11-12H,5-6,9-10H2,1-4H3,(H,16,17)/t11-,12?/m0/s1. The zero-order chi connectivity index (χ0) is 12.8. The van der Waals surface area contributed by atoms with E-state index in [-0.39, 0.29) is 5.91 Å². The van der Waals surface area contributed by atoms with Crippen LogP contribution in [0.3, 0.4) is 0 Å². The van der Waals surface area contributed by atoms with Gasteiger partial charge in [0.2, 0.25) is 5.91 Å².